The number of nitrogens with zero attached hydrogens (tertiary/aromatic N) is 1. The Balaban J connectivity index is 2.26. The zero-order chi connectivity index (χ0) is 12.8. The minimum Gasteiger partial charge on any atom is -0.481 e. The fraction of sp³-hybridized carbons (Fsp3) is 0.818. The maximum absolute atomic E-state index is 11.8. The van der Waals surface area contributed by atoms with Crippen molar-refractivity contribution < 1.29 is 19.4 Å². The Morgan fingerprint density at radius 1 is 1.59 bits per heavy atom. The zero-order valence-corrected chi connectivity index (χ0v) is 11.0. The van der Waals surface area contributed by atoms with Crippen LogP contribution in [0.5, 0.6) is 0 Å². The third kappa shape index (κ3) is 5.41. The Hall–Kier alpha value is -0.750. The van der Waals surface area contributed by atoms with Crippen molar-refractivity contribution in [2.75, 3.05) is 25.4 Å². The standard InChI is InChI=1S/C11H19NO4S/c1-8-6-12(3-4-16-8)10(13)7-17-9(2)5-11(14)15/h8-9H,3-7H2,1-2H3,(H,14,15). The van der Waals surface area contributed by atoms with E-state index >= 15 is 0 Å². The maximum atomic E-state index is 11.8. The van der Waals surface area contributed by atoms with Gasteiger partial charge in [0.15, 0.2) is 0 Å². The van der Waals surface area contributed by atoms with Crippen molar-refractivity contribution in [3.05, 3.63) is 0 Å². The highest BCUT2D eigenvalue weighted by atomic mass is 32.2. The summed E-state index contributed by atoms with van der Waals surface area (Å²) in [7, 11) is 0. The number of rotatable bonds is 5. The van der Waals surface area contributed by atoms with Crippen LogP contribution in [0.25, 0.3) is 0 Å². The molecule has 0 spiro atoms. The lowest BCUT2D eigenvalue weighted by Crippen LogP contribution is -2.45. The van der Waals surface area contributed by atoms with Crippen LogP contribution < -0.4 is 0 Å². The third-order valence-corrected chi connectivity index (χ3v) is 3.70. The largest absolute Gasteiger partial charge is 0.481 e. The van der Waals surface area contributed by atoms with Crippen molar-refractivity contribution >= 4 is 23.6 Å². The van der Waals surface area contributed by atoms with E-state index in [-0.39, 0.29) is 23.7 Å². The molecule has 1 heterocycles. The molecule has 0 bridgehead atoms. The number of morpholine rings is 1. The van der Waals surface area contributed by atoms with E-state index in [1.807, 2.05) is 13.8 Å². The molecule has 1 aliphatic rings. The monoisotopic (exact) mass is 261 g/mol. The normalized spacial score (nSPS) is 22.2. The number of hydrogen-bond donors (Lipinski definition) is 1. The molecule has 2 atom stereocenters. The van der Waals surface area contributed by atoms with Gasteiger partial charge in [0.25, 0.3) is 0 Å². The van der Waals surface area contributed by atoms with Gasteiger partial charge in [0.2, 0.25) is 5.91 Å². The topological polar surface area (TPSA) is 66.8 Å². The summed E-state index contributed by atoms with van der Waals surface area (Å²) in [5.41, 5.74) is 0. The Labute approximate surface area is 105 Å². The number of hydrogen-bond acceptors (Lipinski definition) is 4. The minimum absolute atomic E-state index is 0.0325. The first kappa shape index (κ1) is 14.3. The van der Waals surface area contributed by atoms with E-state index < -0.39 is 5.97 Å². The lowest BCUT2D eigenvalue weighted by atomic mass is 10.3. The van der Waals surface area contributed by atoms with Crippen LogP contribution in [0.15, 0.2) is 0 Å². The number of carboxylic acids is 1. The smallest absolute Gasteiger partial charge is 0.304 e. The van der Waals surface area contributed by atoms with Crippen molar-refractivity contribution in [3.63, 3.8) is 0 Å². The molecule has 5 nitrogen and oxygen atoms in total. The van der Waals surface area contributed by atoms with Crippen LogP contribution in [0.4, 0.5) is 0 Å². The molecule has 1 N–H and O–H groups in total. The van der Waals surface area contributed by atoms with Crippen LogP contribution in [-0.2, 0) is 14.3 Å². The van der Waals surface area contributed by atoms with Crippen LogP contribution in [0.2, 0.25) is 0 Å². The van der Waals surface area contributed by atoms with Gasteiger partial charge in [-0.15, -0.1) is 11.8 Å². The first-order valence-corrected chi connectivity index (χ1v) is 6.76. The van der Waals surface area contributed by atoms with Crippen molar-refractivity contribution in [1.82, 2.24) is 4.90 Å². The Morgan fingerprint density at radius 2 is 2.29 bits per heavy atom. The van der Waals surface area contributed by atoms with Crippen molar-refractivity contribution in [2.24, 2.45) is 0 Å². The predicted molar refractivity (Wildman–Crippen MR) is 66.2 cm³/mol. The highest BCUT2D eigenvalue weighted by Crippen LogP contribution is 2.15. The molecule has 98 valence electrons. The number of aliphatic carboxylic acids is 1. The maximum Gasteiger partial charge on any atom is 0.304 e. The quantitative estimate of drug-likeness (QED) is 0.794. The molecule has 0 aromatic heterocycles. The second-order valence-electron chi connectivity index (χ2n) is 4.24. The molecule has 17 heavy (non-hydrogen) atoms. The SMILES string of the molecule is CC1CN(C(=O)CSC(C)CC(=O)O)CCO1. The van der Waals surface area contributed by atoms with E-state index in [0.717, 1.165) is 0 Å². The molecular weight excluding hydrogens is 242 g/mol. The van der Waals surface area contributed by atoms with E-state index in [1.165, 1.54) is 11.8 Å². The number of carbonyl (C=O) groups excluding carboxylic acids is 1. The van der Waals surface area contributed by atoms with E-state index in [0.29, 0.717) is 25.4 Å². The van der Waals surface area contributed by atoms with Crippen molar-refractivity contribution in [1.29, 1.82) is 0 Å². The van der Waals surface area contributed by atoms with E-state index in [9.17, 15) is 9.59 Å². The minimum atomic E-state index is -0.822. The van der Waals surface area contributed by atoms with Crippen LogP contribution in [0, 0.1) is 0 Å². The Kier molecular flexibility index (Phi) is 5.77. The van der Waals surface area contributed by atoms with Crippen LogP contribution in [0.1, 0.15) is 20.3 Å². The summed E-state index contributed by atoms with van der Waals surface area (Å²) in [6, 6.07) is 0. The molecule has 1 rings (SSSR count). The summed E-state index contributed by atoms with van der Waals surface area (Å²) in [5, 5.41) is 8.57. The number of ether oxygens (including phenoxy) is 1. The Morgan fingerprint density at radius 3 is 2.88 bits per heavy atom. The van der Waals surface area contributed by atoms with Crippen molar-refractivity contribution in [3.8, 4) is 0 Å². The second kappa shape index (κ2) is 6.86. The van der Waals surface area contributed by atoms with E-state index in [4.69, 9.17) is 9.84 Å². The number of thioether (sulfide) groups is 1. The van der Waals surface area contributed by atoms with Gasteiger partial charge in [-0.2, -0.15) is 0 Å². The van der Waals surface area contributed by atoms with Gasteiger partial charge in [-0.1, -0.05) is 6.92 Å². The number of amides is 1. The first-order valence-electron chi connectivity index (χ1n) is 5.71. The van der Waals surface area contributed by atoms with Gasteiger partial charge >= 0.3 is 5.97 Å². The average Bonchev–Trinajstić information content (AvgIpc) is 2.25. The average molecular weight is 261 g/mol. The zero-order valence-electron chi connectivity index (χ0n) is 10.2. The van der Waals surface area contributed by atoms with E-state index in [2.05, 4.69) is 0 Å². The molecule has 1 fully saturated rings. The molecule has 6 heteroatoms. The van der Waals surface area contributed by atoms with Gasteiger partial charge in [-0.3, -0.25) is 9.59 Å². The van der Waals surface area contributed by atoms with Crippen LogP contribution in [-0.4, -0.2) is 58.7 Å². The fourth-order valence-corrected chi connectivity index (χ4v) is 2.52. The molecular formula is C11H19NO4S. The molecule has 0 aromatic carbocycles. The summed E-state index contributed by atoms with van der Waals surface area (Å²) in [4.78, 5) is 24.1. The van der Waals surface area contributed by atoms with Gasteiger partial charge < -0.3 is 14.7 Å². The van der Waals surface area contributed by atoms with Crippen molar-refractivity contribution in [2.45, 2.75) is 31.6 Å². The van der Waals surface area contributed by atoms with E-state index in [1.54, 1.807) is 4.90 Å². The molecule has 0 aromatic rings. The summed E-state index contributed by atoms with van der Waals surface area (Å²) >= 11 is 1.39. The van der Waals surface area contributed by atoms with Gasteiger partial charge in [-0.25, -0.2) is 0 Å². The summed E-state index contributed by atoms with van der Waals surface area (Å²) in [5.74, 6) is -0.402. The van der Waals surface area contributed by atoms with Crippen LogP contribution >= 0.6 is 11.8 Å². The predicted octanol–water partition coefficient (Wildman–Crippen LogP) is 0.830. The molecule has 1 amide bonds. The lowest BCUT2D eigenvalue weighted by Gasteiger charge is -2.31. The molecule has 2 unspecified atom stereocenters. The molecule has 1 aliphatic heterocycles. The van der Waals surface area contributed by atoms with Gasteiger partial charge in [0, 0.05) is 18.3 Å². The molecule has 0 radical (unpaired) electrons. The number of carbonyl (C=O) groups is 2. The lowest BCUT2D eigenvalue weighted by molar-refractivity contribution is -0.137. The van der Waals surface area contributed by atoms with Gasteiger partial charge in [0.1, 0.15) is 0 Å². The van der Waals surface area contributed by atoms with Gasteiger partial charge in [0.05, 0.1) is 24.9 Å². The highest BCUT2D eigenvalue weighted by Gasteiger charge is 2.21. The molecule has 0 aliphatic carbocycles. The number of carboxylic acid groups (broad SMARTS) is 1. The summed E-state index contributed by atoms with van der Waals surface area (Å²) in [6.07, 6.45) is 0.187. The highest BCUT2D eigenvalue weighted by molar-refractivity contribution is 8.00. The van der Waals surface area contributed by atoms with Crippen LogP contribution in [0.3, 0.4) is 0 Å². The molecule has 1 saturated heterocycles. The second-order valence-corrected chi connectivity index (χ2v) is 5.67. The first-order chi connectivity index (χ1) is 7.99. The Bertz CT molecular complexity index is 285. The van der Waals surface area contributed by atoms with Gasteiger partial charge in [-0.05, 0) is 6.92 Å². The summed E-state index contributed by atoms with van der Waals surface area (Å²) < 4.78 is 5.36. The fourth-order valence-electron chi connectivity index (χ4n) is 1.65. The third-order valence-electron chi connectivity index (χ3n) is 2.55. The summed E-state index contributed by atoms with van der Waals surface area (Å²) in [6.45, 7) is 5.62. The molecule has 0 saturated carbocycles.